The first-order valence-electron chi connectivity index (χ1n) is 7.57. The third kappa shape index (κ3) is 4.17. The molecule has 1 heterocycles. The molecule has 0 saturated heterocycles. The second-order valence-corrected chi connectivity index (χ2v) is 5.50. The maximum Gasteiger partial charge on any atom is 0.255 e. The van der Waals surface area contributed by atoms with Gasteiger partial charge in [-0.05, 0) is 43.3 Å². The van der Waals surface area contributed by atoms with E-state index in [2.05, 4.69) is 15.6 Å². The summed E-state index contributed by atoms with van der Waals surface area (Å²) >= 11 is 0. The maximum atomic E-state index is 13.3. The van der Waals surface area contributed by atoms with Crippen molar-refractivity contribution in [1.82, 2.24) is 4.98 Å². The lowest BCUT2D eigenvalue weighted by Gasteiger charge is -2.09. The van der Waals surface area contributed by atoms with E-state index in [0.29, 0.717) is 22.8 Å². The zero-order valence-electron chi connectivity index (χ0n) is 13.4. The number of carbonyl (C=O) groups is 1. The number of nitrogens with zero attached hydrogens (tertiary/aromatic N) is 1. The van der Waals surface area contributed by atoms with Crippen LogP contribution in [0, 0.1) is 18.6 Å². The molecular weight excluding hydrogens is 324 g/mol. The van der Waals surface area contributed by atoms with E-state index >= 15 is 0 Å². The molecular formula is C19H15F2N3O. The molecule has 2 aromatic carbocycles. The van der Waals surface area contributed by atoms with Gasteiger partial charge in [0.25, 0.3) is 5.91 Å². The summed E-state index contributed by atoms with van der Waals surface area (Å²) < 4.78 is 26.2. The number of aryl methyl sites for hydroxylation is 1. The summed E-state index contributed by atoms with van der Waals surface area (Å²) in [4.78, 5) is 16.4. The largest absolute Gasteiger partial charge is 0.340 e. The molecule has 3 rings (SSSR count). The molecule has 0 saturated carbocycles. The van der Waals surface area contributed by atoms with E-state index in [9.17, 15) is 13.6 Å². The summed E-state index contributed by atoms with van der Waals surface area (Å²) in [6.07, 6.45) is 1.46. The molecule has 126 valence electrons. The second-order valence-electron chi connectivity index (χ2n) is 5.50. The Morgan fingerprint density at radius 2 is 1.64 bits per heavy atom. The van der Waals surface area contributed by atoms with Crippen molar-refractivity contribution in [3.8, 4) is 0 Å². The zero-order valence-corrected chi connectivity index (χ0v) is 13.4. The third-order valence-electron chi connectivity index (χ3n) is 3.52. The van der Waals surface area contributed by atoms with Crippen LogP contribution < -0.4 is 10.6 Å². The van der Waals surface area contributed by atoms with E-state index in [0.717, 1.165) is 17.7 Å². The number of aromatic nitrogens is 1. The van der Waals surface area contributed by atoms with Crippen molar-refractivity contribution in [2.24, 2.45) is 0 Å². The van der Waals surface area contributed by atoms with Gasteiger partial charge in [-0.15, -0.1) is 0 Å². The van der Waals surface area contributed by atoms with Gasteiger partial charge in [-0.3, -0.25) is 4.79 Å². The summed E-state index contributed by atoms with van der Waals surface area (Å²) in [6.45, 7) is 1.96. The Morgan fingerprint density at radius 1 is 0.920 bits per heavy atom. The Hall–Kier alpha value is -3.28. The summed E-state index contributed by atoms with van der Waals surface area (Å²) in [7, 11) is 0. The first kappa shape index (κ1) is 16.6. The minimum atomic E-state index is -0.960. The van der Waals surface area contributed by atoms with Crippen LogP contribution in [-0.4, -0.2) is 10.9 Å². The van der Waals surface area contributed by atoms with Crippen LogP contribution in [0.25, 0.3) is 0 Å². The monoisotopic (exact) mass is 339 g/mol. The summed E-state index contributed by atoms with van der Waals surface area (Å²) in [5.41, 5.74) is 2.51. The number of carbonyl (C=O) groups excluding carboxylic acids is 1. The summed E-state index contributed by atoms with van der Waals surface area (Å²) in [6, 6.07) is 14.0. The van der Waals surface area contributed by atoms with Gasteiger partial charge in [0.15, 0.2) is 11.6 Å². The third-order valence-corrected chi connectivity index (χ3v) is 3.52. The molecule has 1 amide bonds. The predicted molar refractivity (Wildman–Crippen MR) is 93.0 cm³/mol. The van der Waals surface area contributed by atoms with Gasteiger partial charge in [0.1, 0.15) is 5.82 Å². The topological polar surface area (TPSA) is 54.0 Å². The highest BCUT2D eigenvalue weighted by Crippen LogP contribution is 2.19. The van der Waals surface area contributed by atoms with Crippen molar-refractivity contribution < 1.29 is 13.6 Å². The van der Waals surface area contributed by atoms with Crippen LogP contribution in [0.5, 0.6) is 0 Å². The molecule has 6 heteroatoms. The molecule has 25 heavy (non-hydrogen) atoms. The molecule has 4 nitrogen and oxygen atoms in total. The smallest absolute Gasteiger partial charge is 0.255 e. The van der Waals surface area contributed by atoms with E-state index in [1.54, 1.807) is 6.07 Å². The Morgan fingerprint density at radius 3 is 2.36 bits per heavy atom. The number of anilines is 3. The lowest BCUT2D eigenvalue weighted by atomic mass is 10.2. The second kappa shape index (κ2) is 7.09. The standard InChI is InChI=1S/C19H15F2N3O/c1-12-2-4-14(5-3-12)24-19(25)13-8-9-22-18(10-13)23-15-6-7-16(20)17(21)11-15/h2-11H,1H3,(H,22,23)(H,24,25). The highest BCUT2D eigenvalue weighted by molar-refractivity contribution is 6.04. The molecule has 0 aliphatic carbocycles. The van der Waals surface area contributed by atoms with Crippen molar-refractivity contribution in [2.45, 2.75) is 6.92 Å². The number of nitrogens with one attached hydrogen (secondary N) is 2. The maximum absolute atomic E-state index is 13.3. The molecule has 3 aromatic rings. The summed E-state index contributed by atoms with van der Waals surface area (Å²) in [5, 5.41) is 5.63. The van der Waals surface area contributed by atoms with Crippen molar-refractivity contribution in [3.63, 3.8) is 0 Å². The predicted octanol–water partition coefficient (Wildman–Crippen LogP) is 4.66. The molecule has 0 atom stereocenters. The molecule has 0 aliphatic rings. The number of rotatable bonds is 4. The van der Waals surface area contributed by atoms with E-state index in [1.165, 1.54) is 18.3 Å². The molecule has 0 bridgehead atoms. The van der Waals surface area contributed by atoms with Gasteiger partial charge < -0.3 is 10.6 Å². The minimum Gasteiger partial charge on any atom is -0.340 e. The first-order valence-corrected chi connectivity index (χ1v) is 7.57. The van der Waals surface area contributed by atoms with Crippen LogP contribution in [-0.2, 0) is 0 Å². The van der Waals surface area contributed by atoms with E-state index in [1.807, 2.05) is 31.2 Å². The number of hydrogen-bond donors (Lipinski definition) is 2. The fraction of sp³-hybridized carbons (Fsp3) is 0.0526. The van der Waals surface area contributed by atoms with Gasteiger partial charge in [0, 0.05) is 29.2 Å². The van der Waals surface area contributed by atoms with Crippen molar-refractivity contribution in [3.05, 3.63) is 83.6 Å². The van der Waals surface area contributed by atoms with Crippen LogP contribution in [0.1, 0.15) is 15.9 Å². The quantitative estimate of drug-likeness (QED) is 0.727. The van der Waals surface area contributed by atoms with Gasteiger partial charge in [0.2, 0.25) is 0 Å². The molecule has 0 aliphatic heterocycles. The molecule has 0 radical (unpaired) electrons. The average molecular weight is 339 g/mol. The SMILES string of the molecule is Cc1ccc(NC(=O)c2ccnc(Nc3ccc(F)c(F)c3)c2)cc1. The van der Waals surface area contributed by atoms with Crippen molar-refractivity contribution in [1.29, 1.82) is 0 Å². The lowest BCUT2D eigenvalue weighted by molar-refractivity contribution is 0.102. The van der Waals surface area contributed by atoms with E-state index in [-0.39, 0.29) is 5.91 Å². The first-order chi connectivity index (χ1) is 12.0. The summed E-state index contributed by atoms with van der Waals surface area (Å²) in [5.74, 6) is -1.83. The average Bonchev–Trinajstić information content (AvgIpc) is 2.60. The van der Waals surface area contributed by atoms with E-state index in [4.69, 9.17) is 0 Å². The van der Waals surface area contributed by atoms with Crippen LogP contribution in [0.15, 0.2) is 60.8 Å². The number of pyridine rings is 1. The minimum absolute atomic E-state index is 0.292. The molecule has 0 unspecified atom stereocenters. The van der Waals surface area contributed by atoms with E-state index < -0.39 is 11.6 Å². The normalized spacial score (nSPS) is 10.4. The highest BCUT2D eigenvalue weighted by Gasteiger charge is 2.09. The highest BCUT2D eigenvalue weighted by atomic mass is 19.2. The molecule has 0 spiro atoms. The molecule has 1 aromatic heterocycles. The number of halogens is 2. The van der Waals surface area contributed by atoms with Gasteiger partial charge >= 0.3 is 0 Å². The zero-order chi connectivity index (χ0) is 17.8. The Labute approximate surface area is 143 Å². The van der Waals surface area contributed by atoms with Crippen molar-refractivity contribution in [2.75, 3.05) is 10.6 Å². The van der Waals surface area contributed by atoms with Crippen LogP contribution in [0.3, 0.4) is 0 Å². The van der Waals surface area contributed by atoms with Crippen LogP contribution >= 0.6 is 0 Å². The van der Waals surface area contributed by atoms with Crippen molar-refractivity contribution >= 4 is 23.1 Å². The van der Waals surface area contributed by atoms with Gasteiger partial charge in [-0.25, -0.2) is 13.8 Å². The Balaban J connectivity index is 1.75. The Bertz CT molecular complexity index is 911. The van der Waals surface area contributed by atoms with Crippen LogP contribution in [0.2, 0.25) is 0 Å². The lowest BCUT2D eigenvalue weighted by Crippen LogP contribution is -2.12. The van der Waals surface area contributed by atoms with Gasteiger partial charge in [-0.2, -0.15) is 0 Å². The fourth-order valence-corrected chi connectivity index (χ4v) is 2.20. The number of hydrogen-bond acceptors (Lipinski definition) is 3. The van der Waals surface area contributed by atoms with Gasteiger partial charge in [0.05, 0.1) is 0 Å². The Kier molecular flexibility index (Phi) is 4.70. The van der Waals surface area contributed by atoms with Crippen LogP contribution in [0.4, 0.5) is 26.0 Å². The number of benzene rings is 2. The fourth-order valence-electron chi connectivity index (χ4n) is 2.20. The molecule has 0 fully saturated rings. The number of amides is 1. The van der Waals surface area contributed by atoms with Gasteiger partial charge in [-0.1, -0.05) is 17.7 Å². The molecule has 2 N–H and O–H groups in total.